The SMILES string of the molecule is CCc1ccccc1N1CC(C(=O)N2C3CCNCC2CC3)CC1=O. The molecule has 0 saturated carbocycles. The minimum Gasteiger partial charge on any atom is -0.335 e. The molecule has 1 aromatic carbocycles. The Morgan fingerprint density at radius 2 is 2.00 bits per heavy atom. The number of nitrogens with zero attached hydrogens (tertiary/aromatic N) is 2. The van der Waals surface area contributed by atoms with Crippen LogP contribution in [0.5, 0.6) is 0 Å². The molecule has 1 aromatic rings. The Labute approximate surface area is 149 Å². The minimum absolute atomic E-state index is 0.0829. The molecule has 4 rings (SSSR count). The molecule has 25 heavy (non-hydrogen) atoms. The highest BCUT2D eigenvalue weighted by molar-refractivity contribution is 6.01. The molecule has 3 aliphatic heterocycles. The number of fused-ring (bicyclic) bond motifs is 2. The summed E-state index contributed by atoms with van der Waals surface area (Å²) in [6, 6.07) is 8.72. The van der Waals surface area contributed by atoms with Gasteiger partial charge in [0.2, 0.25) is 11.8 Å². The molecule has 2 amide bonds. The Bertz CT molecular complexity index is 661. The summed E-state index contributed by atoms with van der Waals surface area (Å²) in [6.45, 7) is 4.51. The van der Waals surface area contributed by atoms with Crippen LogP contribution in [-0.2, 0) is 16.0 Å². The van der Waals surface area contributed by atoms with Gasteiger partial charge in [0.1, 0.15) is 0 Å². The van der Waals surface area contributed by atoms with Crippen LogP contribution in [0.1, 0.15) is 38.2 Å². The van der Waals surface area contributed by atoms with Crippen molar-refractivity contribution in [3.8, 4) is 0 Å². The monoisotopic (exact) mass is 341 g/mol. The fourth-order valence-corrected chi connectivity index (χ4v) is 4.73. The second-order valence-electron chi connectivity index (χ2n) is 7.51. The summed E-state index contributed by atoms with van der Waals surface area (Å²) >= 11 is 0. The van der Waals surface area contributed by atoms with Crippen LogP contribution in [-0.4, -0.2) is 48.4 Å². The second kappa shape index (κ2) is 6.79. The van der Waals surface area contributed by atoms with E-state index in [1.807, 2.05) is 23.1 Å². The van der Waals surface area contributed by atoms with Crippen LogP contribution in [0.4, 0.5) is 5.69 Å². The Morgan fingerprint density at radius 1 is 1.20 bits per heavy atom. The molecule has 0 aliphatic carbocycles. The lowest BCUT2D eigenvalue weighted by Gasteiger charge is -2.30. The molecule has 5 nitrogen and oxygen atoms in total. The fourth-order valence-electron chi connectivity index (χ4n) is 4.73. The first-order valence-corrected chi connectivity index (χ1v) is 9.60. The summed E-state index contributed by atoms with van der Waals surface area (Å²) in [5.41, 5.74) is 2.15. The van der Waals surface area contributed by atoms with Gasteiger partial charge in [-0.15, -0.1) is 0 Å². The lowest BCUT2D eigenvalue weighted by atomic mass is 10.1. The predicted molar refractivity (Wildman–Crippen MR) is 97.4 cm³/mol. The standard InChI is InChI=1S/C20H27N3O2/c1-2-14-5-3-4-6-18(14)22-13-15(11-19(22)24)20(25)23-16-7-8-17(23)12-21-10-9-16/h3-6,15-17,21H,2,7-13H2,1H3. The Hall–Kier alpha value is -1.88. The molecule has 3 atom stereocenters. The summed E-state index contributed by atoms with van der Waals surface area (Å²) < 4.78 is 0. The lowest BCUT2D eigenvalue weighted by Crippen LogP contribution is -2.46. The number of nitrogens with one attached hydrogen (secondary N) is 1. The van der Waals surface area contributed by atoms with Crippen molar-refractivity contribution in [1.82, 2.24) is 10.2 Å². The molecular formula is C20H27N3O2. The summed E-state index contributed by atoms with van der Waals surface area (Å²) in [4.78, 5) is 29.8. The van der Waals surface area contributed by atoms with Crippen molar-refractivity contribution in [3.63, 3.8) is 0 Å². The molecule has 3 unspecified atom stereocenters. The van der Waals surface area contributed by atoms with Crippen molar-refractivity contribution >= 4 is 17.5 Å². The topological polar surface area (TPSA) is 52.7 Å². The smallest absolute Gasteiger partial charge is 0.228 e. The molecule has 0 spiro atoms. The molecule has 0 radical (unpaired) electrons. The first-order valence-electron chi connectivity index (χ1n) is 9.60. The minimum atomic E-state index is -0.196. The van der Waals surface area contributed by atoms with Crippen molar-refractivity contribution < 1.29 is 9.59 Å². The van der Waals surface area contributed by atoms with Gasteiger partial charge in [-0.05, 0) is 43.9 Å². The number of carbonyl (C=O) groups excluding carboxylic acids is 2. The van der Waals surface area contributed by atoms with Gasteiger partial charge in [-0.2, -0.15) is 0 Å². The number of para-hydroxylation sites is 1. The van der Waals surface area contributed by atoms with Gasteiger partial charge < -0.3 is 15.1 Å². The van der Waals surface area contributed by atoms with E-state index in [1.54, 1.807) is 0 Å². The molecule has 3 saturated heterocycles. The number of anilines is 1. The number of carbonyl (C=O) groups is 2. The third kappa shape index (κ3) is 2.95. The van der Waals surface area contributed by atoms with E-state index in [0.717, 1.165) is 44.5 Å². The number of aryl methyl sites for hydroxylation is 1. The van der Waals surface area contributed by atoms with E-state index >= 15 is 0 Å². The summed E-state index contributed by atoms with van der Waals surface area (Å²) in [5.74, 6) is 0.0826. The number of hydrogen-bond donors (Lipinski definition) is 1. The zero-order valence-electron chi connectivity index (χ0n) is 14.9. The molecular weight excluding hydrogens is 314 g/mol. The molecule has 3 aliphatic rings. The Kier molecular flexibility index (Phi) is 4.50. The maximum Gasteiger partial charge on any atom is 0.228 e. The number of rotatable bonds is 3. The molecule has 3 fully saturated rings. The Morgan fingerprint density at radius 3 is 2.84 bits per heavy atom. The predicted octanol–water partition coefficient (Wildman–Crippen LogP) is 1.95. The van der Waals surface area contributed by atoms with Crippen LogP contribution in [0.3, 0.4) is 0 Å². The molecule has 5 heteroatoms. The number of benzene rings is 1. The van der Waals surface area contributed by atoms with Gasteiger partial charge >= 0.3 is 0 Å². The number of hydrogen-bond acceptors (Lipinski definition) is 3. The first kappa shape index (κ1) is 16.6. The van der Waals surface area contributed by atoms with Crippen LogP contribution in [0.2, 0.25) is 0 Å². The zero-order chi connectivity index (χ0) is 17.4. The van der Waals surface area contributed by atoms with E-state index in [2.05, 4.69) is 23.2 Å². The van der Waals surface area contributed by atoms with E-state index < -0.39 is 0 Å². The summed E-state index contributed by atoms with van der Waals surface area (Å²) in [6.07, 6.45) is 4.47. The maximum absolute atomic E-state index is 13.2. The van der Waals surface area contributed by atoms with Crippen molar-refractivity contribution in [2.24, 2.45) is 5.92 Å². The van der Waals surface area contributed by atoms with E-state index in [4.69, 9.17) is 0 Å². The van der Waals surface area contributed by atoms with E-state index in [0.29, 0.717) is 25.0 Å². The van der Waals surface area contributed by atoms with Crippen LogP contribution >= 0.6 is 0 Å². The average Bonchev–Trinajstić information content (AvgIpc) is 3.12. The highest BCUT2D eigenvalue weighted by atomic mass is 16.2. The highest BCUT2D eigenvalue weighted by Gasteiger charge is 2.44. The van der Waals surface area contributed by atoms with Gasteiger partial charge in [0.15, 0.2) is 0 Å². The van der Waals surface area contributed by atoms with Gasteiger partial charge in [0.05, 0.1) is 5.92 Å². The van der Waals surface area contributed by atoms with Crippen LogP contribution in [0.25, 0.3) is 0 Å². The largest absolute Gasteiger partial charge is 0.335 e. The van der Waals surface area contributed by atoms with E-state index in [1.165, 1.54) is 5.56 Å². The normalized spacial score (nSPS) is 29.2. The van der Waals surface area contributed by atoms with E-state index in [9.17, 15) is 9.59 Å². The quantitative estimate of drug-likeness (QED) is 0.914. The molecule has 1 N–H and O–H groups in total. The van der Waals surface area contributed by atoms with Crippen LogP contribution < -0.4 is 10.2 Å². The molecule has 0 aromatic heterocycles. The van der Waals surface area contributed by atoms with Crippen molar-refractivity contribution in [2.75, 3.05) is 24.5 Å². The van der Waals surface area contributed by atoms with Crippen LogP contribution in [0, 0.1) is 5.92 Å². The van der Waals surface area contributed by atoms with Crippen molar-refractivity contribution in [3.05, 3.63) is 29.8 Å². The third-order valence-electron chi connectivity index (χ3n) is 6.05. The highest BCUT2D eigenvalue weighted by Crippen LogP contribution is 2.34. The van der Waals surface area contributed by atoms with Gasteiger partial charge in [0, 0.05) is 37.3 Å². The molecule has 134 valence electrons. The van der Waals surface area contributed by atoms with Gasteiger partial charge in [-0.25, -0.2) is 0 Å². The summed E-state index contributed by atoms with van der Waals surface area (Å²) in [7, 11) is 0. The van der Waals surface area contributed by atoms with E-state index in [-0.39, 0.29) is 17.7 Å². The zero-order valence-corrected chi connectivity index (χ0v) is 14.9. The first-order chi connectivity index (χ1) is 12.2. The molecule has 3 heterocycles. The Balaban J connectivity index is 1.53. The van der Waals surface area contributed by atoms with Crippen molar-refractivity contribution in [2.45, 2.75) is 51.1 Å². The van der Waals surface area contributed by atoms with Gasteiger partial charge in [0.25, 0.3) is 0 Å². The maximum atomic E-state index is 13.2. The van der Waals surface area contributed by atoms with Gasteiger partial charge in [-0.3, -0.25) is 9.59 Å². The average molecular weight is 341 g/mol. The molecule has 2 bridgehead atoms. The lowest BCUT2D eigenvalue weighted by molar-refractivity contribution is -0.138. The summed E-state index contributed by atoms with van der Waals surface area (Å²) in [5, 5.41) is 3.44. The van der Waals surface area contributed by atoms with Gasteiger partial charge in [-0.1, -0.05) is 25.1 Å². The second-order valence-corrected chi connectivity index (χ2v) is 7.51. The fraction of sp³-hybridized carbons (Fsp3) is 0.600. The van der Waals surface area contributed by atoms with Crippen molar-refractivity contribution in [1.29, 1.82) is 0 Å². The third-order valence-corrected chi connectivity index (χ3v) is 6.05. The number of amides is 2. The van der Waals surface area contributed by atoms with Crippen LogP contribution in [0.15, 0.2) is 24.3 Å².